The molecule has 144 valence electrons. The van der Waals surface area contributed by atoms with Crippen LogP contribution in [0.2, 0.25) is 5.02 Å². The number of carbonyl (C=O) groups is 1. The number of carboxylic acids is 1. The molecule has 4 nitrogen and oxygen atoms in total. The minimum absolute atomic E-state index is 0.0956. The molecule has 7 heteroatoms. The molecule has 0 spiro atoms. The van der Waals surface area contributed by atoms with E-state index in [-0.39, 0.29) is 6.42 Å². The van der Waals surface area contributed by atoms with Crippen LogP contribution in [-0.4, -0.2) is 17.1 Å². The van der Waals surface area contributed by atoms with Gasteiger partial charge in [0.25, 0.3) is 0 Å². The second-order valence-corrected chi connectivity index (χ2v) is 8.84. The number of hydrogen-bond acceptors (Lipinski definition) is 3. The average molecular weight is 518 g/mol. The number of aliphatic carboxylic acids is 1. The van der Waals surface area contributed by atoms with E-state index in [0.717, 1.165) is 25.8 Å². The number of aryl methyl sites for hydroxylation is 1. The molecular formula is C20H20Br2ClNO3. The number of anilines is 1. The number of benzene rings is 2. The number of nitrogens with one attached hydrogen (secondary N) is 1. The maximum atomic E-state index is 10.7. The summed E-state index contributed by atoms with van der Waals surface area (Å²) >= 11 is 13.3. The summed E-state index contributed by atoms with van der Waals surface area (Å²) in [6.45, 7) is 0.381. The third kappa shape index (κ3) is 5.87. The van der Waals surface area contributed by atoms with Crippen LogP contribution in [0.25, 0.3) is 0 Å². The summed E-state index contributed by atoms with van der Waals surface area (Å²) in [6, 6.07) is 10.2. The molecule has 0 saturated heterocycles. The molecule has 2 aromatic rings. The van der Waals surface area contributed by atoms with Gasteiger partial charge in [0.15, 0.2) is 0 Å². The monoisotopic (exact) mass is 515 g/mol. The van der Waals surface area contributed by atoms with Crippen LogP contribution < -0.4 is 10.1 Å². The van der Waals surface area contributed by atoms with Crippen LogP contribution in [-0.2, 0) is 17.8 Å². The molecule has 2 N–H and O–H groups in total. The Hall–Kier alpha value is -1.24. The van der Waals surface area contributed by atoms with Crippen LogP contribution in [0.4, 0.5) is 5.69 Å². The van der Waals surface area contributed by atoms with Gasteiger partial charge >= 0.3 is 5.97 Å². The second-order valence-electron chi connectivity index (χ2n) is 6.69. The fourth-order valence-electron chi connectivity index (χ4n) is 2.91. The van der Waals surface area contributed by atoms with E-state index < -0.39 is 5.97 Å². The maximum absolute atomic E-state index is 10.7. The first-order chi connectivity index (χ1) is 12.9. The maximum Gasteiger partial charge on any atom is 0.303 e. The Balaban J connectivity index is 1.68. The Morgan fingerprint density at radius 2 is 1.85 bits per heavy atom. The van der Waals surface area contributed by atoms with Crippen molar-refractivity contribution in [2.45, 2.75) is 44.8 Å². The Bertz CT molecular complexity index is 817. The Morgan fingerprint density at radius 3 is 2.44 bits per heavy atom. The van der Waals surface area contributed by atoms with Gasteiger partial charge in [0, 0.05) is 23.2 Å². The molecule has 3 rings (SSSR count). The Kier molecular flexibility index (Phi) is 7.06. The molecule has 1 aliphatic rings. The molecule has 0 atom stereocenters. The van der Waals surface area contributed by atoms with Crippen molar-refractivity contribution in [3.63, 3.8) is 0 Å². The number of rotatable bonds is 8. The molecule has 2 aromatic carbocycles. The highest BCUT2D eigenvalue weighted by atomic mass is 79.9. The summed E-state index contributed by atoms with van der Waals surface area (Å²) in [5, 5.41) is 13.0. The van der Waals surface area contributed by atoms with Gasteiger partial charge in [-0.2, -0.15) is 0 Å². The van der Waals surface area contributed by atoms with Crippen molar-refractivity contribution in [1.82, 2.24) is 0 Å². The van der Waals surface area contributed by atoms with E-state index in [1.807, 2.05) is 24.3 Å². The first-order valence-electron chi connectivity index (χ1n) is 8.79. The van der Waals surface area contributed by atoms with Gasteiger partial charge in [-0.05, 0) is 99.0 Å². The van der Waals surface area contributed by atoms with Crippen LogP contribution in [0, 0.1) is 0 Å². The molecule has 0 heterocycles. The van der Waals surface area contributed by atoms with Gasteiger partial charge in [-0.15, -0.1) is 0 Å². The van der Waals surface area contributed by atoms with Crippen molar-refractivity contribution < 1.29 is 14.6 Å². The third-order valence-electron chi connectivity index (χ3n) is 4.50. The summed E-state index contributed by atoms with van der Waals surface area (Å²) in [7, 11) is 0. The highest BCUT2D eigenvalue weighted by Gasteiger charge is 2.17. The quantitative estimate of drug-likeness (QED) is 0.424. The van der Waals surface area contributed by atoms with Crippen LogP contribution in [0.1, 0.15) is 36.8 Å². The van der Waals surface area contributed by atoms with Gasteiger partial charge in [-0.1, -0.05) is 11.6 Å². The molecule has 0 radical (unpaired) electrons. The van der Waals surface area contributed by atoms with Crippen LogP contribution in [0.3, 0.4) is 0 Å². The first-order valence-corrected chi connectivity index (χ1v) is 10.8. The Morgan fingerprint density at radius 1 is 1.15 bits per heavy atom. The summed E-state index contributed by atoms with van der Waals surface area (Å²) in [5.74, 6) is -0.127. The lowest BCUT2D eigenvalue weighted by molar-refractivity contribution is -0.136. The average Bonchev–Trinajstić information content (AvgIpc) is 2.55. The number of hydrogen-bond donors (Lipinski definition) is 2. The van der Waals surface area contributed by atoms with Crippen LogP contribution in [0.15, 0.2) is 39.3 Å². The Labute approximate surface area is 180 Å². The van der Waals surface area contributed by atoms with Crippen molar-refractivity contribution in [2.24, 2.45) is 0 Å². The van der Waals surface area contributed by atoms with Gasteiger partial charge in [0.1, 0.15) is 12.4 Å². The van der Waals surface area contributed by atoms with Crippen molar-refractivity contribution in [3.8, 4) is 5.75 Å². The zero-order valence-corrected chi connectivity index (χ0v) is 18.5. The zero-order chi connectivity index (χ0) is 19.4. The SMILES string of the molecule is O=C(O)CCc1cc(Br)c(OCc2cc(Cl)cc(NC3CCC3)c2)c(Br)c1. The molecule has 27 heavy (non-hydrogen) atoms. The van der Waals surface area contributed by atoms with E-state index in [1.165, 1.54) is 19.3 Å². The van der Waals surface area contributed by atoms with E-state index in [1.54, 1.807) is 0 Å². The fourth-order valence-corrected chi connectivity index (χ4v) is 4.67. The van der Waals surface area contributed by atoms with E-state index in [2.05, 4.69) is 43.2 Å². The predicted molar refractivity (Wildman–Crippen MR) is 115 cm³/mol. The minimum Gasteiger partial charge on any atom is -0.487 e. The molecule has 1 saturated carbocycles. The predicted octanol–water partition coefficient (Wildman–Crippen LogP) is 6.43. The van der Waals surface area contributed by atoms with Gasteiger partial charge in [0.05, 0.1) is 8.95 Å². The van der Waals surface area contributed by atoms with Crippen LogP contribution in [0.5, 0.6) is 5.75 Å². The van der Waals surface area contributed by atoms with Gasteiger partial charge in [-0.3, -0.25) is 4.79 Å². The zero-order valence-electron chi connectivity index (χ0n) is 14.6. The highest BCUT2D eigenvalue weighted by molar-refractivity contribution is 9.11. The van der Waals surface area contributed by atoms with E-state index in [9.17, 15) is 4.79 Å². The lowest BCUT2D eigenvalue weighted by atomic mass is 9.93. The third-order valence-corrected chi connectivity index (χ3v) is 5.90. The molecule has 1 aliphatic carbocycles. The smallest absolute Gasteiger partial charge is 0.303 e. The molecule has 0 aliphatic heterocycles. The van der Waals surface area contributed by atoms with Gasteiger partial charge in [0.2, 0.25) is 0 Å². The van der Waals surface area contributed by atoms with Crippen molar-refractivity contribution in [2.75, 3.05) is 5.32 Å². The molecule has 0 amide bonds. The van der Waals surface area contributed by atoms with Gasteiger partial charge < -0.3 is 15.2 Å². The number of halogens is 3. The van der Waals surface area contributed by atoms with Crippen LogP contribution >= 0.6 is 43.5 Å². The first kappa shape index (κ1) is 20.5. The normalized spacial score (nSPS) is 13.9. The molecule has 0 bridgehead atoms. The molecule has 0 unspecified atom stereocenters. The fraction of sp³-hybridized carbons (Fsp3) is 0.350. The van der Waals surface area contributed by atoms with E-state index >= 15 is 0 Å². The van der Waals surface area contributed by atoms with Gasteiger partial charge in [-0.25, -0.2) is 0 Å². The standard InChI is InChI=1S/C20H20Br2ClNO3/c21-17-8-12(4-5-19(25)26)9-18(22)20(17)27-11-13-6-14(23)10-16(7-13)24-15-2-1-3-15/h6-10,15,24H,1-5,11H2,(H,25,26). The summed E-state index contributed by atoms with van der Waals surface area (Å²) in [5.41, 5.74) is 2.93. The summed E-state index contributed by atoms with van der Waals surface area (Å²) < 4.78 is 7.56. The summed E-state index contributed by atoms with van der Waals surface area (Å²) in [6.07, 6.45) is 4.24. The molecule has 1 fully saturated rings. The second kappa shape index (κ2) is 9.30. The molecular weight excluding hydrogens is 497 g/mol. The largest absolute Gasteiger partial charge is 0.487 e. The number of ether oxygens (including phenoxy) is 1. The lowest BCUT2D eigenvalue weighted by Gasteiger charge is -2.27. The highest BCUT2D eigenvalue weighted by Crippen LogP contribution is 2.36. The van der Waals surface area contributed by atoms with Crippen molar-refractivity contribution in [1.29, 1.82) is 0 Å². The topological polar surface area (TPSA) is 58.6 Å². The van der Waals surface area contributed by atoms with Crippen molar-refractivity contribution >= 4 is 55.1 Å². The van der Waals surface area contributed by atoms with E-state index in [0.29, 0.717) is 29.8 Å². The lowest BCUT2D eigenvalue weighted by Crippen LogP contribution is -2.26. The summed E-state index contributed by atoms with van der Waals surface area (Å²) in [4.78, 5) is 10.7. The molecule has 0 aromatic heterocycles. The number of carboxylic acid groups (broad SMARTS) is 1. The minimum atomic E-state index is -0.810. The van der Waals surface area contributed by atoms with Crippen molar-refractivity contribution in [3.05, 3.63) is 55.4 Å². The van der Waals surface area contributed by atoms with E-state index in [4.69, 9.17) is 21.4 Å².